The van der Waals surface area contributed by atoms with Crippen LogP contribution in [0.1, 0.15) is 54.4 Å². The Balaban J connectivity index is 0.00000218. The minimum absolute atomic E-state index is 0.0482. The first-order valence-corrected chi connectivity index (χ1v) is 12.2. The van der Waals surface area contributed by atoms with Crippen molar-refractivity contribution in [1.29, 1.82) is 0 Å². The molecular formula is C21H38N3O3S2Tc+. The van der Waals surface area contributed by atoms with Gasteiger partial charge in [-0.15, -0.1) is 10.3 Å². The first-order valence-electron chi connectivity index (χ1n) is 10.6. The van der Waals surface area contributed by atoms with Gasteiger partial charge in [-0.2, -0.15) is 11.3 Å². The van der Waals surface area contributed by atoms with E-state index in [1.54, 1.807) is 0 Å². The molecule has 0 aromatic heterocycles. The van der Waals surface area contributed by atoms with Crippen molar-refractivity contribution in [2.75, 3.05) is 45.8 Å². The van der Waals surface area contributed by atoms with E-state index in [0.717, 1.165) is 51.3 Å². The Morgan fingerprint density at radius 1 is 1.07 bits per heavy atom. The number of rotatable bonds is 10. The Bertz CT molecular complexity index is 545. The van der Waals surface area contributed by atoms with Gasteiger partial charge < -0.3 is 35.3 Å². The molecule has 173 valence electrons. The van der Waals surface area contributed by atoms with Crippen molar-refractivity contribution >= 4 is 31.2 Å². The summed E-state index contributed by atoms with van der Waals surface area (Å²) in [7, 11) is 0. The zero-order chi connectivity index (χ0) is 23.2. The molecular weight excluding hydrogens is 505 g/mol. The molecule has 3 saturated heterocycles. The van der Waals surface area contributed by atoms with Gasteiger partial charge in [-0.25, -0.2) is 0 Å². The number of carbonyl (C=O) groups is 1. The molecule has 0 aliphatic carbocycles. The van der Waals surface area contributed by atoms with E-state index in [9.17, 15) is 4.79 Å². The predicted octanol–water partition coefficient (Wildman–Crippen LogP) is 2.61. The molecule has 0 unspecified atom stereocenters. The van der Waals surface area contributed by atoms with Crippen LogP contribution in [0.5, 0.6) is 0 Å². The summed E-state index contributed by atoms with van der Waals surface area (Å²) in [5.41, 5.74) is -0.299. The molecule has 0 aromatic rings. The van der Waals surface area contributed by atoms with Crippen LogP contribution < -0.4 is 0 Å². The number of hydrogen-bond donors (Lipinski definition) is 0. The fraction of sp³-hybridized carbons (Fsp3) is 0.952. The van der Waals surface area contributed by atoms with Crippen LogP contribution in [-0.2, 0) is 57.1 Å². The van der Waals surface area contributed by atoms with Crippen LogP contribution in [0, 0.1) is 5.92 Å². The molecule has 0 aromatic carbocycles. The summed E-state index contributed by atoms with van der Waals surface area (Å²) in [6, 6.07) is 0. The zero-order valence-electron chi connectivity index (χ0n) is 19.3. The fourth-order valence-corrected chi connectivity index (χ4v) is 4.39. The zero-order valence-corrected chi connectivity index (χ0v) is 22.8. The van der Waals surface area contributed by atoms with Crippen LogP contribution in [0.3, 0.4) is 0 Å². The third kappa shape index (κ3) is 11.4. The first-order chi connectivity index (χ1) is 13.7. The Hall–Kier alpha value is 0.499. The van der Waals surface area contributed by atoms with Crippen molar-refractivity contribution < 1.29 is 31.9 Å². The average Bonchev–Trinajstić information content (AvgIpc) is 2.60. The molecule has 0 N–H and O–H groups in total. The van der Waals surface area contributed by atoms with E-state index in [-0.39, 0.29) is 33.7 Å². The number of piperidine rings is 3. The molecule has 0 amide bonds. The van der Waals surface area contributed by atoms with Gasteiger partial charge in [0.15, 0.2) is 0 Å². The van der Waals surface area contributed by atoms with Crippen LogP contribution >= 0.6 is 0 Å². The van der Waals surface area contributed by atoms with E-state index >= 15 is 0 Å². The van der Waals surface area contributed by atoms with Crippen LogP contribution in [0.15, 0.2) is 0 Å². The van der Waals surface area contributed by atoms with Crippen molar-refractivity contribution in [3.05, 3.63) is 5.32 Å². The Morgan fingerprint density at radius 3 is 2.07 bits per heavy atom. The van der Waals surface area contributed by atoms with Crippen LogP contribution in [-0.4, -0.2) is 82.7 Å². The number of ether oxygens (including phenoxy) is 1. The number of esters is 1. The first kappa shape index (κ1) is 28.5. The van der Waals surface area contributed by atoms with Crippen molar-refractivity contribution in [2.24, 2.45) is 5.92 Å². The second kappa shape index (κ2) is 12.1. The van der Waals surface area contributed by atoms with Crippen molar-refractivity contribution in [3.63, 3.8) is 0 Å². The van der Waals surface area contributed by atoms with Gasteiger partial charge in [0.2, 0.25) is 0 Å². The molecule has 3 heterocycles. The minimum atomic E-state index is -0.316. The number of hydrogen-bond acceptors (Lipinski definition) is 7. The fourth-order valence-electron chi connectivity index (χ4n) is 4.14. The molecule has 3 rings (SSSR count). The molecule has 1 atom stereocenters. The maximum atomic E-state index is 12.7. The third-order valence-corrected chi connectivity index (χ3v) is 5.59. The molecule has 0 radical (unpaired) electrons. The number of nitrogens with zero attached hydrogens (tertiary/aromatic N) is 3. The molecule has 3 aliphatic heterocycles. The molecule has 9 heteroatoms. The number of carbonyl (C=O) groups excluding carboxylic acids is 1. The van der Waals surface area contributed by atoms with Gasteiger partial charge >= 0.3 is 28.3 Å². The summed E-state index contributed by atoms with van der Waals surface area (Å²) in [6.45, 7) is 17.6. The maximum absolute atomic E-state index is 12.7. The van der Waals surface area contributed by atoms with Crippen LogP contribution in [0.4, 0.5) is 0 Å². The Labute approximate surface area is 204 Å². The van der Waals surface area contributed by atoms with E-state index in [0.29, 0.717) is 25.6 Å². The van der Waals surface area contributed by atoms with Crippen molar-refractivity contribution in [1.82, 2.24) is 9.80 Å². The van der Waals surface area contributed by atoms with Gasteiger partial charge in [-0.1, -0.05) is 41.5 Å². The SMILES string of the molecule is CC(C)([S-])C[N-]C(C)(C)CN(CC(=O)O[C@H]1CN2CCC1CC2)CC(C)(C)[S-].[O]=[99Tc+4]. The van der Waals surface area contributed by atoms with Crippen molar-refractivity contribution in [2.45, 2.75) is 75.5 Å². The third-order valence-electron chi connectivity index (χ3n) is 5.33. The summed E-state index contributed by atoms with van der Waals surface area (Å²) in [6.07, 6.45) is 2.33. The van der Waals surface area contributed by atoms with Gasteiger partial charge in [0.1, 0.15) is 6.10 Å². The summed E-state index contributed by atoms with van der Waals surface area (Å²) >= 11 is 11.9. The van der Waals surface area contributed by atoms with E-state index < -0.39 is 0 Å². The monoisotopic (exact) mass is 543 g/mol. The van der Waals surface area contributed by atoms with E-state index in [2.05, 4.69) is 23.6 Å². The standard InChI is InChI=1S/C21H40N3O2S2.O.Tc/c1-19(2,22-13-20(3,4)27)14-24(15-21(5,6)28)12-18(25)26-17-11-23-9-7-16(17)8-10-23;;/h16-17,27-28H,7-15H2,1-6H3;;/q-1;;+4/p-2/t17-;;/m0../s1/i;;1+1. The van der Waals surface area contributed by atoms with E-state index in [1.807, 2.05) is 27.7 Å². The summed E-state index contributed by atoms with van der Waals surface area (Å²) in [5.74, 6) is 0.385. The summed E-state index contributed by atoms with van der Waals surface area (Å²) in [5, 5.41) is 4.81. The topological polar surface area (TPSA) is 64.0 Å². The quantitative estimate of drug-likeness (QED) is 0.310. The molecule has 3 fully saturated rings. The molecule has 3 aliphatic rings. The van der Waals surface area contributed by atoms with E-state index in [4.69, 9.17) is 38.8 Å². The van der Waals surface area contributed by atoms with Crippen molar-refractivity contribution in [3.8, 4) is 0 Å². The predicted molar refractivity (Wildman–Crippen MR) is 121 cm³/mol. The van der Waals surface area contributed by atoms with Gasteiger partial charge in [0.05, 0.1) is 6.54 Å². The average molecular weight is 544 g/mol. The van der Waals surface area contributed by atoms with Crippen LogP contribution in [0.2, 0.25) is 0 Å². The van der Waals surface area contributed by atoms with E-state index in [1.165, 1.54) is 0 Å². The normalized spacial score (nSPS) is 24.4. The molecule has 30 heavy (non-hydrogen) atoms. The summed E-state index contributed by atoms with van der Waals surface area (Å²) in [4.78, 5) is 17.2. The van der Waals surface area contributed by atoms with Gasteiger partial charge in [-0.05, 0) is 44.9 Å². The molecule has 0 saturated carbocycles. The second-order valence-electron chi connectivity index (χ2n) is 10.5. The van der Waals surface area contributed by atoms with Gasteiger partial charge in [0, 0.05) is 6.54 Å². The molecule has 0 spiro atoms. The Morgan fingerprint density at radius 2 is 1.63 bits per heavy atom. The Kier molecular flexibility index (Phi) is 11.5. The molecule has 2 bridgehead atoms. The summed E-state index contributed by atoms with van der Waals surface area (Å²) < 4.78 is 13.5. The second-order valence-corrected chi connectivity index (χ2v) is 12.7. The van der Waals surface area contributed by atoms with Gasteiger partial charge in [-0.3, -0.25) is 14.6 Å². The van der Waals surface area contributed by atoms with Crippen LogP contribution in [0.25, 0.3) is 5.32 Å². The van der Waals surface area contributed by atoms with Gasteiger partial charge in [0.25, 0.3) is 0 Å². The number of fused-ring (bicyclic) bond motifs is 3. The molecule has 6 nitrogen and oxygen atoms in total.